The minimum absolute atomic E-state index is 0.684. The van der Waals surface area contributed by atoms with E-state index in [-0.39, 0.29) is 0 Å². The number of nitrogens with one attached hydrogen (secondary N) is 2. The van der Waals surface area contributed by atoms with Crippen molar-refractivity contribution in [1.29, 1.82) is 0 Å². The van der Waals surface area contributed by atoms with Crippen molar-refractivity contribution in [2.24, 2.45) is 22.7 Å². The molecule has 0 bridgehead atoms. The maximum atomic E-state index is 5.28. The third kappa shape index (κ3) is 3.54. The highest BCUT2D eigenvalue weighted by atomic mass is 15.3. The van der Waals surface area contributed by atoms with E-state index in [1.165, 1.54) is 25.7 Å². The van der Waals surface area contributed by atoms with Gasteiger partial charge >= 0.3 is 0 Å². The van der Waals surface area contributed by atoms with Gasteiger partial charge in [0.1, 0.15) is 0 Å². The predicted molar refractivity (Wildman–Crippen MR) is 59.8 cm³/mol. The van der Waals surface area contributed by atoms with Gasteiger partial charge in [0, 0.05) is 13.6 Å². The second-order valence-corrected chi connectivity index (χ2v) is 4.24. The van der Waals surface area contributed by atoms with E-state index in [9.17, 15) is 0 Å². The van der Waals surface area contributed by atoms with Gasteiger partial charge in [0.25, 0.3) is 0 Å². The zero-order valence-corrected chi connectivity index (χ0v) is 9.21. The first-order valence-corrected chi connectivity index (χ1v) is 5.43. The number of nitrogens with zero attached hydrogens (tertiary/aromatic N) is 1. The van der Waals surface area contributed by atoms with Gasteiger partial charge in [-0.1, -0.05) is 19.8 Å². The molecule has 0 aliphatic heterocycles. The van der Waals surface area contributed by atoms with Crippen LogP contribution in [0.3, 0.4) is 0 Å². The fourth-order valence-corrected chi connectivity index (χ4v) is 2.18. The molecule has 1 rings (SSSR count). The third-order valence-electron chi connectivity index (χ3n) is 2.96. The molecule has 1 aliphatic carbocycles. The number of hydrazine groups is 1. The van der Waals surface area contributed by atoms with Gasteiger partial charge in [-0.15, -0.1) is 0 Å². The van der Waals surface area contributed by atoms with Crippen molar-refractivity contribution in [1.82, 2.24) is 10.7 Å². The van der Waals surface area contributed by atoms with E-state index in [1.54, 1.807) is 7.05 Å². The molecule has 0 radical (unpaired) electrons. The van der Waals surface area contributed by atoms with Crippen LogP contribution in [0, 0.1) is 11.8 Å². The first-order chi connectivity index (χ1) is 6.76. The molecule has 1 fully saturated rings. The molecular weight excluding hydrogens is 176 g/mol. The Hall–Kier alpha value is -0.770. The topological polar surface area (TPSA) is 62.4 Å². The molecule has 0 heterocycles. The van der Waals surface area contributed by atoms with Crippen LogP contribution in [0.2, 0.25) is 0 Å². The summed E-state index contributed by atoms with van der Waals surface area (Å²) in [5.74, 6) is 7.63. The van der Waals surface area contributed by atoms with Crippen LogP contribution in [0.4, 0.5) is 0 Å². The normalized spacial score (nSPS) is 28.6. The molecule has 1 aliphatic rings. The number of hydrogen-bond acceptors (Lipinski definition) is 2. The molecule has 14 heavy (non-hydrogen) atoms. The van der Waals surface area contributed by atoms with Gasteiger partial charge < -0.3 is 5.32 Å². The van der Waals surface area contributed by atoms with E-state index in [4.69, 9.17) is 5.84 Å². The third-order valence-corrected chi connectivity index (χ3v) is 2.96. The number of hydrogen-bond donors (Lipinski definition) is 3. The van der Waals surface area contributed by atoms with E-state index < -0.39 is 0 Å². The summed E-state index contributed by atoms with van der Waals surface area (Å²) in [7, 11) is 1.73. The minimum Gasteiger partial charge on any atom is -0.355 e. The summed E-state index contributed by atoms with van der Waals surface area (Å²) in [5, 5.41) is 3.22. The Morgan fingerprint density at radius 2 is 2.29 bits per heavy atom. The fourth-order valence-electron chi connectivity index (χ4n) is 2.18. The van der Waals surface area contributed by atoms with E-state index >= 15 is 0 Å². The lowest BCUT2D eigenvalue weighted by Crippen LogP contribution is -2.43. The molecule has 4 N–H and O–H groups in total. The van der Waals surface area contributed by atoms with Crippen molar-refractivity contribution in [3.05, 3.63) is 0 Å². The summed E-state index contributed by atoms with van der Waals surface area (Å²) in [5.41, 5.74) is 2.54. The molecule has 0 aromatic heterocycles. The van der Waals surface area contributed by atoms with Gasteiger partial charge in [-0.3, -0.25) is 10.4 Å². The maximum Gasteiger partial charge on any atom is 0.205 e. The number of nitrogens with two attached hydrogens (primary N) is 1. The Morgan fingerprint density at radius 3 is 2.86 bits per heavy atom. The van der Waals surface area contributed by atoms with Crippen LogP contribution >= 0.6 is 0 Å². The Morgan fingerprint density at radius 1 is 1.50 bits per heavy atom. The molecular formula is C10H22N4. The smallest absolute Gasteiger partial charge is 0.205 e. The van der Waals surface area contributed by atoms with Gasteiger partial charge in [0.15, 0.2) is 0 Å². The summed E-state index contributed by atoms with van der Waals surface area (Å²) < 4.78 is 0. The van der Waals surface area contributed by atoms with Crippen molar-refractivity contribution < 1.29 is 0 Å². The van der Waals surface area contributed by atoms with Gasteiger partial charge in [-0.2, -0.15) is 0 Å². The summed E-state index contributed by atoms with van der Waals surface area (Å²) in [6.07, 6.45) is 5.41. The Balaban J connectivity index is 2.23. The number of rotatable bonds is 2. The van der Waals surface area contributed by atoms with Crippen LogP contribution in [0.25, 0.3) is 0 Å². The zero-order chi connectivity index (χ0) is 10.4. The molecule has 4 heteroatoms. The predicted octanol–water partition coefficient (Wildman–Crippen LogP) is 0.851. The highest BCUT2D eigenvalue weighted by molar-refractivity contribution is 5.78. The summed E-state index contributed by atoms with van der Waals surface area (Å²) in [6, 6.07) is 0. The second-order valence-electron chi connectivity index (χ2n) is 4.24. The monoisotopic (exact) mass is 198 g/mol. The van der Waals surface area contributed by atoms with Crippen LogP contribution in [0.5, 0.6) is 0 Å². The van der Waals surface area contributed by atoms with E-state index in [2.05, 4.69) is 22.7 Å². The Bertz CT molecular complexity index is 191. The largest absolute Gasteiger partial charge is 0.355 e. The van der Waals surface area contributed by atoms with E-state index in [1.807, 2.05) is 0 Å². The highest BCUT2D eigenvalue weighted by Crippen LogP contribution is 2.27. The molecule has 0 amide bonds. The average molecular weight is 198 g/mol. The molecule has 1 saturated carbocycles. The summed E-state index contributed by atoms with van der Waals surface area (Å²) >= 11 is 0. The maximum absolute atomic E-state index is 5.28. The average Bonchev–Trinajstić information content (AvgIpc) is 2.19. The first-order valence-electron chi connectivity index (χ1n) is 5.43. The highest BCUT2D eigenvalue weighted by Gasteiger charge is 2.18. The van der Waals surface area contributed by atoms with E-state index in [0.717, 1.165) is 18.4 Å². The van der Waals surface area contributed by atoms with Crippen molar-refractivity contribution in [3.63, 3.8) is 0 Å². The van der Waals surface area contributed by atoms with Gasteiger partial charge in [-0.25, -0.2) is 5.84 Å². The van der Waals surface area contributed by atoms with E-state index in [0.29, 0.717) is 5.96 Å². The van der Waals surface area contributed by atoms with Gasteiger partial charge in [-0.05, 0) is 24.7 Å². The lowest BCUT2D eigenvalue weighted by Gasteiger charge is -2.27. The standard InChI is InChI=1S/C10H22N4/c1-8-4-3-5-9(6-8)7-13-10(12-2)14-11/h8-9H,3-7,11H2,1-2H3,(H2,12,13,14). The van der Waals surface area contributed by atoms with Crippen molar-refractivity contribution in [2.75, 3.05) is 13.6 Å². The van der Waals surface area contributed by atoms with Crippen LogP contribution in [0.15, 0.2) is 4.99 Å². The second kappa shape index (κ2) is 5.86. The summed E-state index contributed by atoms with van der Waals surface area (Å²) in [6.45, 7) is 3.32. The SMILES string of the molecule is CN=C(NN)NCC1CCCC(C)C1. The van der Waals surface area contributed by atoms with Crippen LogP contribution < -0.4 is 16.6 Å². The van der Waals surface area contributed by atoms with Gasteiger partial charge in [0.2, 0.25) is 5.96 Å². The quantitative estimate of drug-likeness (QED) is 0.267. The number of aliphatic imine (C=N–C) groups is 1. The fraction of sp³-hybridized carbons (Fsp3) is 0.900. The molecule has 0 aromatic rings. The molecule has 0 spiro atoms. The van der Waals surface area contributed by atoms with Crippen molar-refractivity contribution in [3.8, 4) is 0 Å². The van der Waals surface area contributed by atoms with Crippen molar-refractivity contribution in [2.45, 2.75) is 32.6 Å². The lowest BCUT2D eigenvalue weighted by molar-refractivity contribution is 0.282. The molecule has 82 valence electrons. The van der Waals surface area contributed by atoms with Gasteiger partial charge in [0.05, 0.1) is 0 Å². The lowest BCUT2D eigenvalue weighted by atomic mass is 9.82. The molecule has 0 aromatic carbocycles. The molecule has 4 nitrogen and oxygen atoms in total. The zero-order valence-electron chi connectivity index (χ0n) is 9.21. The van der Waals surface area contributed by atoms with Crippen LogP contribution in [-0.2, 0) is 0 Å². The molecule has 2 unspecified atom stereocenters. The Kier molecular flexibility index (Phi) is 4.73. The molecule has 2 atom stereocenters. The first kappa shape index (κ1) is 11.3. The van der Waals surface area contributed by atoms with Crippen molar-refractivity contribution >= 4 is 5.96 Å². The minimum atomic E-state index is 0.684. The Labute approximate surface area is 86.3 Å². The number of guanidine groups is 1. The molecule has 0 saturated heterocycles. The van der Waals surface area contributed by atoms with Crippen LogP contribution in [0.1, 0.15) is 32.6 Å². The summed E-state index contributed by atoms with van der Waals surface area (Å²) in [4.78, 5) is 3.98. The van der Waals surface area contributed by atoms with Crippen LogP contribution in [-0.4, -0.2) is 19.6 Å².